The average molecular weight is 253 g/mol. The van der Waals surface area contributed by atoms with E-state index < -0.39 is 0 Å². The molecule has 0 aliphatic rings. The van der Waals surface area contributed by atoms with E-state index in [9.17, 15) is 0 Å². The first-order valence-corrected chi connectivity index (χ1v) is 7.87. The van der Waals surface area contributed by atoms with Crippen molar-refractivity contribution in [2.75, 3.05) is 7.11 Å². The summed E-state index contributed by atoms with van der Waals surface area (Å²) in [5, 5.41) is 0. The molecule has 0 amide bonds. The van der Waals surface area contributed by atoms with E-state index in [1.165, 1.54) is 70.6 Å². The van der Waals surface area contributed by atoms with Crippen LogP contribution in [0.2, 0.25) is 0 Å². The highest BCUT2D eigenvalue weighted by atomic mass is 16.5. The highest BCUT2D eigenvalue weighted by molar-refractivity contribution is 4.61. The molecule has 0 aromatic heterocycles. The highest BCUT2D eigenvalue weighted by Crippen LogP contribution is 2.12. The summed E-state index contributed by atoms with van der Waals surface area (Å²) in [5.41, 5.74) is 0. The van der Waals surface area contributed by atoms with Crippen LogP contribution in [-0.4, -0.2) is 13.2 Å². The number of allylic oxidation sites excluding steroid dienone is 1. The van der Waals surface area contributed by atoms with Crippen LogP contribution in [0.5, 0.6) is 0 Å². The van der Waals surface area contributed by atoms with Crippen LogP contribution in [-0.2, 0) is 4.74 Å². The molecule has 1 radical (unpaired) electrons. The predicted octanol–water partition coefficient (Wildman–Crippen LogP) is 5.69. The quantitative estimate of drug-likeness (QED) is 0.361. The van der Waals surface area contributed by atoms with Gasteiger partial charge in [0.05, 0.1) is 6.10 Å². The average Bonchev–Trinajstić information content (AvgIpc) is 2.39. The Hall–Kier alpha value is -0.300. The zero-order chi connectivity index (χ0) is 13.5. The smallest absolute Gasteiger partial charge is 0.0543 e. The van der Waals surface area contributed by atoms with Gasteiger partial charge in [0.15, 0.2) is 0 Å². The van der Waals surface area contributed by atoms with Crippen molar-refractivity contribution < 1.29 is 4.74 Å². The normalized spacial score (nSPS) is 12.6. The van der Waals surface area contributed by atoms with E-state index in [-0.39, 0.29) is 0 Å². The topological polar surface area (TPSA) is 9.23 Å². The Labute approximate surface area is 115 Å². The van der Waals surface area contributed by atoms with Gasteiger partial charge in [-0.2, -0.15) is 0 Å². The zero-order valence-electron chi connectivity index (χ0n) is 12.6. The van der Waals surface area contributed by atoms with Crippen LogP contribution in [0.25, 0.3) is 0 Å². The lowest BCUT2D eigenvalue weighted by Gasteiger charge is -2.08. The Morgan fingerprint density at radius 2 is 1.28 bits per heavy atom. The van der Waals surface area contributed by atoms with E-state index in [4.69, 9.17) is 11.3 Å². The molecule has 1 unspecified atom stereocenters. The molecular formula is C17H33O. The van der Waals surface area contributed by atoms with Gasteiger partial charge in [0.2, 0.25) is 0 Å². The second-order valence-electron chi connectivity index (χ2n) is 5.39. The monoisotopic (exact) mass is 253 g/mol. The lowest BCUT2D eigenvalue weighted by molar-refractivity contribution is 0.108. The van der Waals surface area contributed by atoms with Crippen LogP contribution in [0, 0.1) is 6.58 Å². The van der Waals surface area contributed by atoms with Gasteiger partial charge in [0.25, 0.3) is 0 Å². The van der Waals surface area contributed by atoms with Crippen LogP contribution in [0.4, 0.5) is 0 Å². The van der Waals surface area contributed by atoms with E-state index in [1.807, 2.05) is 0 Å². The number of methoxy groups -OCH3 is 1. The molecule has 107 valence electrons. The Kier molecular flexibility index (Phi) is 14.5. The Morgan fingerprint density at radius 3 is 1.72 bits per heavy atom. The predicted molar refractivity (Wildman–Crippen MR) is 80.7 cm³/mol. The molecule has 18 heavy (non-hydrogen) atoms. The molecule has 0 fully saturated rings. The molecule has 0 saturated carbocycles. The molecule has 0 N–H and O–H groups in total. The summed E-state index contributed by atoms with van der Waals surface area (Å²) < 4.78 is 5.24. The van der Waals surface area contributed by atoms with Crippen molar-refractivity contribution in [2.45, 2.75) is 90.1 Å². The molecule has 0 spiro atoms. The van der Waals surface area contributed by atoms with Crippen molar-refractivity contribution in [3.8, 4) is 0 Å². The van der Waals surface area contributed by atoms with Crippen LogP contribution >= 0.6 is 0 Å². The summed E-state index contributed by atoms with van der Waals surface area (Å²) in [5.74, 6) is 0. The van der Waals surface area contributed by atoms with Crippen molar-refractivity contribution in [3.05, 3.63) is 12.7 Å². The van der Waals surface area contributed by atoms with Crippen LogP contribution in [0.15, 0.2) is 6.08 Å². The van der Waals surface area contributed by atoms with Gasteiger partial charge in [-0.3, -0.25) is 0 Å². The van der Waals surface area contributed by atoms with E-state index >= 15 is 0 Å². The minimum absolute atomic E-state index is 0.441. The maximum Gasteiger partial charge on any atom is 0.0543 e. The molecule has 0 heterocycles. The SMILES string of the molecule is [CH]=CCCCCCCCCCCCCC(C)OC. The first-order valence-electron chi connectivity index (χ1n) is 7.87. The van der Waals surface area contributed by atoms with Crippen LogP contribution in [0.3, 0.4) is 0 Å². The summed E-state index contributed by atoms with van der Waals surface area (Å²) >= 11 is 0. The van der Waals surface area contributed by atoms with Gasteiger partial charge >= 0.3 is 0 Å². The number of hydrogen-bond acceptors (Lipinski definition) is 1. The fourth-order valence-electron chi connectivity index (χ4n) is 2.23. The Bertz CT molecular complexity index is 165. The first kappa shape index (κ1) is 17.7. The molecule has 0 bridgehead atoms. The fourth-order valence-corrected chi connectivity index (χ4v) is 2.23. The molecule has 1 heteroatoms. The number of rotatable bonds is 14. The third kappa shape index (κ3) is 13.8. The molecule has 0 aromatic carbocycles. The third-order valence-electron chi connectivity index (χ3n) is 3.63. The Morgan fingerprint density at radius 1 is 0.833 bits per heavy atom. The summed E-state index contributed by atoms with van der Waals surface area (Å²) in [7, 11) is 1.80. The maximum absolute atomic E-state index is 5.34. The van der Waals surface area contributed by atoms with Gasteiger partial charge in [-0.1, -0.05) is 70.4 Å². The molecule has 1 atom stereocenters. The summed E-state index contributed by atoms with van der Waals surface area (Å²) in [4.78, 5) is 0. The zero-order valence-corrected chi connectivity index (χ0v) is 12.6. The minimum atomic E-state index is 0.441. The van der Waals surface area contributed by atoms with Crippen molar-refractivity contribution in [2.24, 2.45) is 0 Å². The second-order valence-corrected chi connectivity index (χ2v) is 5.39. The second kappa shape index (κ2) is 14.8. The molecular weight excluding hydrogens is 220 g/mol. The minimum Gasteiger partial charge on any atom is -0.382 e. The molecule has 0 aliphatic heterocycles. The molecule has 0 rings (SSSR count). The fraction of sp³-hybridized carbons (Fsp3) is 0.882. The van der Waals surface area contributed by atoms with E-state index in [0.29, 0.717) is 6.10 Å². The van der Waals surface area contributed by atoms with Crippen LogP contribution < -0.4 is 0 Å². The number of hydrogen-bond donors (Lipinski definition) is 0. The first-order chi connectivity index (χ1) is 8.81. The van der Waals surface area contributed by atoms with Gasteiger partial charge in [-0.05, 0) is 26.2 Å². The van der Waals surface area contributed by atoms with Gasteiger partial charge < -0.3 is 4.74 Å². The maximum atomic E-state index is 5.34. The lowest BCUT2D eigenvalue weighted by Crippen LogP contribution is -2.03. The van der Waals surface area contributed by atoms with Crippen molar-refractivity contribution >= 4 is 0 Å². The third-order valence-corrected chi connectivity index (χ3v) is 3.63. The van der Waals surface area contributed by atoms with Gasteiger partial charge in [-0.25, -0.2) is 0 Å². The molecule has 0 aromatic rings. The summed E-state index contributed by atoms with van der Waals surface area (Å²) in [6, 6.07) is 0. The lowest BCUT2D eigenvalue weighted by atomic mass is 10.0. The summed E-state index contributed by atoms with van der Waals surface area (Å²) in [6.07, 6.45) is 18.3. The van der Waals surface area contributed by atoms with Crippen molar-refractivity contribution in [3.63, 3.8) is 0 Å². The molecule has 0 aliphatic carbocycles. The van der Waals surface area contributed by atoms with E-state index in [2.05, 4.69) is 6.92 Å². The number of ether oxygens (including phenoxy) is 1. The summed E-state index contributed by atoms with van der Waals surface area (Å²) in [6.45, 7) is 7.50. The molecule has 1 nitrogen and oxygen atoms in total. The van der Waals surface area contributed by atoms with Crippen molar-refractivity contribution in [1.29, 1.82) is 0 Å². The standard InChI is InChI=1S/C17H33O/c1-4-5-6-7-8-9-10-11-12-13-14-15-16-17(2)18-3/h1,4,17H,5-16H2,2-3H3. The van der Waals surface area contributed by atoms with Crippen LogP contribution in [0.1, 0.15) is 84.0 Å². The van der Waals surface area contributed by atoms with E-state index in [0.717, 1.165) is 6.42 Å². The van der Waals surface area contributed by atoms with E-state index in [1.54, 1.807) is 13.2 Å². The van der Waals surface area contributed by atoms with Gasteiger partial charge in [0.1, 0.15) is 0 Å². The van der Waals surface area contributed by atoms with Gasteiger partial charge in [-0.15, -0.1) is 0 Å². The molecule has 0 saturated heterocycles. The highest BCUT2D eigenvalue weighted by Gasteiger charge is 1.98. The largest absolute Gasteiger partial charge is 0.382 e. The number of unbranched alkanes of at least 4 members (excludes halogenated alkanes) is 10. The Balaban J connectivity index is 2.96. The van der Waals surface area contributed by atoms with Crippen molar-refractivity contribution in [1.82, 2.24) is 0 Å². The van der Waals surface area contributed by atoms with Gasteiger partial charge in [0, 0.05) is 7.11 Å².